The molecule has 3 heterocycles. The first kappa shape index (κ1) is 15.8. The van der Waals surface area contributed by atoms with Crippen molar-refractivity contribution in [3.05, 3.63) is 18.3 Å². The monoisotopic (exact) mass is 356 g/mol. The molecule has 1 aliphatic rings. The molecule has 4 atom stereocenters. The van der Waals surface area contributed by atoms with E-state index in [1.165, 1.54) is 10.9 Å². The Morgan fingerprint density at radius 1 is 1.50 bits per heavy atom. The molecule has 2 aromatic heterocycles. The van der Waals surface area contributed by atoms with Crippen LogP contribution in [0.1, 0.15) is 11.9 Å². The van der Waals surface area contributed by atoms with Crippen LogP contribution in [-0.2, 0) is 37.4 Å². The molecule has 0 spiro atoms. The summed E-state index contributed by atoms with van der Waals surface area (Å²) in [5.74, 6) is 0. The van der Waals surface area contributed by atoms with Gasteiger partial charge in [-0.2, -0.15) is 0 Å². The number of ether oxygens (including phenoxy) is 1. The zero-order chi connectivity index (χ0) is 13.6. The molecule has 0 aromatic carbocycles. The number of aliphatic hydroxyl groups excluding tert-OH is 2. The molecular weight excluding hydrogens is 344 g/mol. The second-order valence-electron chi connectivity index (χ2n) is 4.42. The fourth-order valence-electron chi connectivity index (χ4n) is 2.19. The summed E-state index contributed by atoms with van der Waals surface area (Å²) < 4.78 is 20.7. The van der Waals surface area contributed by atoms with E-state index in [1.807, 2.05) is 0 Å². The van der Waals surface area contributed by atoms with E-state index in [0.717, 1.165) is 0 Å². The third-order valence-electron chi connectivity index (χ3n) is 3.23. The van der Waals surface area contributed by atoms with Crippen molar-refractivity contribution in [3.8, 4) is 0 Å². The number of alkyl halides is 1. The van der Waals surface area contributed by atoms with Gasteiger partial charge >= 0.3 is 0 Å². The molecule has 105 valence electrons. The maximum absolute atomic E-state index is 14.0. The summed E-state index contributed by atoms with van der Waals surface area (Å²) in [6.07, 6.45) is -1.23. The second kappa shape index (κ2) is 6.07. The molecule has 3 rings (SSSR count). The fourth-order valence-corrected chi connectivity index (χ4v) is 2.19. The third-order valence-corrected chi connectivity index (χ3v) is 3.23. The van der Waals surface area contributed by atoms with Crippen LogP contribution >= 0.6 is 0 Å². The van der Waals surface area contributed by atoms with Crippen LogP contribution in [0.15, 0.2) is 6.33 Å². The number of hydrogen-bond donors (Lipinski definition) is 2. The SMILES string of the molecule is Cc1n[c-]nc2c1ncn2C1OC(CO)C(O)C1F.[Y]. The van der Waals surface area contributed by atoms with E-state index < -0.39 is 31.2 Å². The number of halogens is 1. The van der Waals surface area contributed by atoms with E-state index in [2.05, 4.69) is 21.3 Å². The maximum atomic E-state index is 14.0. The molecule has 1 fully saturated rings. The maximum Gasteiger partial charge on any atom is 0.172 e. The average Bonchev–Trinajstić information content (AvgIpc) is 2.94. The molecule has 0 aliphatic carbocycles. The van der Waals surface area contributed by atoms with Gasteiger partial charge in [0.25, 0.3) is 0 Å². The Morgan fingerprint density at radius 2 is 2.25 bits per heavy atom. The van der Waals surface area contributed by atoms with Gasteiger partial charge in [0.1, 0.15) is 12.2 Å². The number of aromatic nitrogens is 4. The zero-order valence-corrected chi connectivity index (χ0v) is 13.5. The van der Waals surface area contributed by atoms with Gasteiger partial charge in [-0.3, -0.25) is 4.98 Å². The Morgan fingerprint density at radius 3 is 2.90 bits per heavy atom. The van der Waals surface area contributed by atoms with Gasteiger partial charge in [-0.25, -0.2) is 4.39 Å². The quantitative estimate of drug-likeness (QED) is 0.707. The first-order valence-electron chi connectivity index (χ1n) is 5.79. The molecule has 2 aromatic rings. The van der Waals surface area contributed by atoms with Gasteiger partial charge in [0.2, 0.25) is 0 Å². The summed E-state index contributed by atoms with van der Waals surface area (Å²) in [4.78, 5) is 11.9. The Balaban J connectivity index is 0.00000147. The molecule has 20 heavy (non-hydrogen) atoms. The van der Waals surface area contributed by atoms with Crippen molar-refractivity contribution in [3.63, 3.8) is 0 Å². The number of rotatable bonds is 2. The van der Waals surface area contributed by atoms with Crippen LogP contribution in [0, 0.1) is 13.3 Å². The minimum Gasteiger partial charge on any atom is -0.394 e. The van der Waals surface area contributed by atoms with Crippen LogP contribution < -0.4 is 0 Å². The van der Waals surface area contributed by atoms with Crippen molar-refractivity contribution >= 4 is 11.2 Å². The van der Waals surface area contributed by atoms with Crippen molar-refractivity contribution in [2.24, 2.45) is 0 Å². The molecule has 1 radical (unpaired) electrons. The smallest absolute Gasteiger partial charge is 0.172 e. The first-order chi connectivity index (χ1) is 9.13. The number of hydrogen-bond acceptors (Lipinski definition) is 6. The van der Waals surface area contributed by atoms with Crippen LogP contribution in [0.5, 0.6) is 0 Å². The van der Waals surface area contributed by atoms with Crippen LogP contribution in [0.2, 0.25) is 0 Å². The normalized spacial score (nSPS) is 29.6. The summed E-state index contributed by atoms with van der Waals surface area (Å²) in [5.41, 5.74) is 1.53. The predicted molar refractivity (Wildman–Crippen MR) is 60.8 cm³/mol. The van der Waals surface area contributed by atoms with Crippen molar-refractivity contribution < 1.29 is 52.0 Å². The van der Waals surface area contributed by atoms with E-state index in [1.54, 1.807) is 6.92 Å². The van der Waals surface area contributed by atoms with E-state index in [0.29, 0.717) is 16.9 Å². The molecule has 4 unspecified atom stereocenters. The predicted octanol–water partition coefficient (Wildman–Crippen LogP) is -0.479. The fraction of sp³-hybridized carbons (Fsp3) is 0.545. The molecule has 2 N–H and O–H groups in total. The minimum atomic E-state index is -1.66. The van der Waals surface area contributed by atoms with Gasteiger partial charge in [0.05, 0.1) is 18.6 Å². The molecule has 0 amide bonds. The van der Waals surface area contributed by atoms with Crippen LogP contribution in [0.4, 0.5) is 4.39 Å². The van der Waals surface area contributed by atoms with E-state index in [-0.39, 0.29) is 32.7 Å². The number of aryl methyl sites for hydroxylation is 1. The topological polar surface area (TPSA) is 93.3 Å². The number of nitrogens with zero attached hydrogens (tertiary/aromatic N) is 4. The van der Waals surface area contributed by atoms with Crippen LogP contribution in [-0.4, -0.2) is 54.7 Å². The molecule has 0 saturated carbocycles. The second-order valence-corrected chi connectivity index (χ2v) is 4.42. The third kappa shape index (κ3) is 2.39. The number of aliphatic hydroxyl groups is 2. The summed E-state index contributed by atoms with van der Waals surface area (Å²) >= 11 is 0. The Bertz CT molecular complexity index is 610. The van der Waals surface area contributed by atoms with Gasteiger partial charge < -0.3 is 29.5 Å². The Labute approximate surface area is 139 Å². The summed E-state index contributed by atoms with van der Waals surface area (Å²) in [5, 5.41) is 18.6. The van der Waals surface area contributed by atoms with Gasteiger partial charge in [0.15, 0.2) is 12.4 Å². The zero-order valence-electron chi connectivity index (χ0n) is 10.6. The van der Waals surface area contributed by atoms with Gasteiger partial charge in [-0.1, -0.05) is 6.92 Å². The number of imidazole rings is 1. The molecule has 1 aliphatic heterocycles. The Kier molecular flexibility index (Phi) is 4.81. The van der Waals surface area contributed by atoms with Crippen LogP contribution in [0.25, 0.3) is 11.2 Å². The molecular formula is C11H12FN4O3Y-. The van der Waals surface area contributed by atoms with Gasteiger partial charge in [-0.05, 0) is 5.69 Å². The van der Waals surface area contributed by atoms with Gasteiger partial charge in [0, 0.05) is 44.6 Å². The van der Waals surface area contributed by atoms with E-state index >= 15 is 0 Å². The Hall–Kier alpha value is -0.536. The molecule has 0 bridgehead atoms. The minimum absolute atomic E-state index is 0. The van der Waals surface area contributed by atoms with Crippen molar-refractivity contribution in [2.75, 3.05) is 6.61 Å². The van der Waals surface area contributed by atoms with E-state index in [9.17, 15) is 9.50 Å². The van der Waals surface area contributed by atoms with Crippen molar-refractivity contribution in [1.82, 2.24) is 19.5 Å². The average molecular weight is 356 g/mol. The molecule has 9 heteroatoms. The molecule has 7 nitrogen and oxygen atoms in total. The van der Waals surface area contributed by atoms with E-state index in [4.69, 9.17) is 9.84 Å². The van der Waals surface area contributed by atoms with Crippen molar-refractivity contribution in [2.45, 2.75) is 31.5 Å². The summed E-state index contributed by atoms with van der Waals surface area (Å²) in [6, 6.07) is 0. The number of fused-ring (bicyclic) bond motifs is 1. The summed E-state index contributed by atoms with van der Waals surface area (Å²) in [7, 11) is 0. The van der Waals surface area contributed by atoms with Crippen molar-refractivity contribution in [1.29, 1.82) is 0 Å². The summed E-state index contributed by atoms with van der Waals surface area (Å²) in [6.45, 7) is 1.29. The van der Waals surface area contributed by atoms with Gasteiger partial charge in [-0.15, -0.1) is 0 Å². The standard InChI is InChI=1S/C11H12FN4O3.Y/c1-5-8-10(14-3-13-5)16(4-15-8)11-7(12)9(18)6(2-17)19-11;/h4,6-7,9,11,17-18H,2H2,1H3;/q-1;. The largest absolute Gasteiger partial charge is 0.394 e. The van der Waals surface area contributed by atoms with Crippen LogP contribution in [0.3, 0.4) is 0 Å². The molecule has 1 saturated heterocycles. The first-order valence-corrected chi connectivity index (χ1v) is 5.79.